The van der Waals surface area contributed by atoms with Crippen LogP contribution < -0.4 is 0 Å². The number of benzene rings is 1. The van der Waals surface area contributed by atoms with Crippen molar-refractivity contribution in [3.8, 4) is 0 Å². The van der Waals surface area contributed by atoms with Gasteiger partial charge in [0.25, 0.3) is 0 Å². The smallest absolute Gasteiger partial charge is 0.398 e. The first kappa shape index (κ1) is 28.3. The van der Waals surface area contributed by atoms with Crippen LogP contribution in [0.15, 0.2) is 28.8 Å². The summed E-state index contributed by atoms with van der Waals surface area (Å²) in [7, 11) is -3.92. The minimum absolute atomic E-state index is 0.0334. The molecular weight excluding hydrogens is 500 g/mol. The lowest BCUT2D eigenvalue weighted by molar-refractivity contribution is -0.160. The number of hydrogen-bond acceptors (Lipinski definition) is 8. The Morgan fingerprint density at radius 1 is 1.11 bits per heavy atom. The molecule has 2 aromatic rings. The molecule has 0 radical (unpaired) electrons. The van der Waals surface area contributed by atoms with Crippen molar-refractivity contribution in [1.82, 2.24) is 10.1 Å². The van der Waals surface area contributed by atoms with Crippen LogP contribution in [0.25, 0.3) is 0 Å². The van der Waals surface area contributed by atoms with Crippen molar-refractivity contribution in [2.75, 3.05) is 13.2 Å². The SMILES string of the molecule is CCOP(=O)(OCC)C(Cc1nc(Cc2ccc(C3(C(F)(F)F)CC3)cc2)no1)C(=O)OC(C)(C)C. The van der Waals surface area contributed by atoms with Crippen molar-refractivity contribution in [3.05, 3.63) is 47.1 Å². The second-order valence-electron chi connectivity index (χ2n) is 9.69. The fourth-order valence-electron chi connectivity index (χ4n) is 3.87. The molecule has 0 bridgehead atoms. The van der Waals surface area contributed by atoms with Crippen LogP contribution in [0.2, 0.25) is 0 Å². The third-order valence-electron chi connectivity index (χ3n) is 5.72. The molecule has 200 valence electrons. The molecule has 1 unspecified atom stereocenters. The molecule has 36 heavy (non-hydrogen) atoms. The molecule has 1 heterocycles. The summed E-state index contributed by atoms with van der Waals surface area (Å²) in [6.07, 6.45) is -4.11. The minimum Gasteiger partial charge on any atom is -0.459 e. The maximum Gasteiger partial charge on any atom is 0.398 e. The maximum absolute atomic E-state index is 13.4. The number of hydrogen-bond donors (Lipinski definition) is 0. The van der Waals surface area contributed by atoms with Crippen molar-refractivity contribution in [2.45, 2.75) is 83.2 Å². The van der Waals surface area contributed by atoms with E-state index in [2.05, 4.69) is 10.1 Å². The fourth-order valence-corrected chi connectivity index (χ4v) is 5.71. The molecule has 0 aliphatic heterocycles. The van der Waals surface area contributed by atoms with Gasteiger partial charge >= 0.3 is 19.7 Å². The predicted octanol–water partition coefficient (Wildman–Crippen LogP) is 5.77. The van der Waals surface area contributed by atoms with Gasteiger partial charge in [0.1, 0.15) is 5.60 Å². The quantitative estimate of drug-likeness (QED) is 0.266. The number of esters is 1. The highest BCUT2D eigenvalue weighted by atomic mass is 31.2. The van der Waals surface area contributed by atoms with Gasteiger partial charge in [-0.3, -0.25) is 9.36 Å². The van der Waals surface area contributed by atoms with Crippen LogP contribution in [0, 0.1) is 0 Å². The van der Waals surface area contributed by atoms with Crippen LogP contribution in [0.3, 0.4) is 0 Å². The third kappa shape index (κ3) is 6.55. The molecule has 1 atom stereocenters. The van der Waals surface area contributed by atoms with Crippen molar-refractivity contribution in [3.63, 3.8) is 0 Å². The summed E-state index contributed by atoms with van der Waals surface area (Å²) in [5.74, 6) is -0.479. The first-order valence-corrected chi connectivity index (χ1v) is 13.4. The Labute approximate surface area is 208 Å². The number of ether oxygens (including phenoxy) is 1. The second-order valence-corrected chi connectivity index (χ2v) is 11.9. The molecule has 0 spiro atoms. The van der Waals surface area contributed by atoms with Crippen LogP contribution in [0.4, 0.5) is 13.2 Å². The van der Waals surface area contributed by atoms with Crippen molar-refractivity contribution >= 4 is 13.6 Å². The van der Waals surface area contributed by atoms with Gasteiger partial charge in [0.15, 0.2) is 11.5 Å². The Balaban J connectivity index is 1.76. The molecule has 8 nitrogen and oxygen atoms in total. The maximum atomic E-state index is 13.4. The van der Waals surface area contributed by atoms with E-state index in [1.807, 2.05) is 0 Å². The predicted molar refractivity (Wildman–Crippen MR) is 125 cm³/mol. The number of carbonyl (C=O) groups excluding carboxylic acids is 1. The van der Waals surface area contributed by atoms with Gasteiger partial charge in [-0.05, 0) is 58.6 Å². The average molecular weight is 532 g/mol. The Bertz CT molecular complexity index is 1080. The standard InChI is InChI=1S/C24H32F3N2O6P/c1-6-32-36(31,33-7-2)18(21(30)34-22(3,4)5)15-20-28-19(29-35-20)14-16-8-10-17(11-9-16)23(12-13-23)24(25,26)27/h8-11,18H,6-7,12-15H2,1-5H3. The lowest BCUT2D eigenvalue weighted by atomic mass is 9.94. The van der Waals surface area contributed by atoms with E-state index in [-0.39, 0.29) is 56.2 Å². The Morgan fingerprint density at radius 3 is 2.17 bits per heavy atom. The summed E-state index contributed by atoms with van der Waals surface area (Å²) in [6, 6.07) is 6.18. The second kappa shape index (κ2) is 10.6. The monoisotopic (exact) mass is 532 g/mol. The highest BCUT2D eigenvalue weighted by molar-refractivity contribution is 7.55. The lowest BCUT2D eigenvalue weighted by Crippen LogP contribution is -2.34. The van der Waals surface area contributed by atoms with E-state index < -0.39 is 36.4 Å². The lowest BCUT2D eigenvalue weighted by Gasteiger charge is -2.27. The molecule has 0 saturated heterocycles. The zero-order valence-corrected chi connectivity index (χ0v) is 21.9. The first-order chi connectivity index (χ1) is 16.7. The zero-order chi connectivity index (χ0) is 26.8. The first-order valence-electron chi connectivity index (χ1n) is 11.8. The van der Waals surface area contributed by atoms with E-state index in [4.69, 9.17) is 18.3 Å². The summed E-state index contributed by atoms with van der Waals surface area (Å²) in [5.41, 5.74) is -2.95. The number of halogens is 3. The van der Waals surface area contributed by atoms with Crippen LogP contribution >= 0.6 is 7.60 Å². The number of carbonyl (C=O) groups is 1. The number of alkyl halides is 3. The largest absolute Gasteiger partial charge is 0.459 e. The molecule has 1 aromatic heterocycles. The van der Waals surface area contributed by atoms with Crippen LogP contribution in [-0.2, 0) is 41.4 Å². The molecule has 0 N–H and O–H groups in total. The summed E-state index contributed by atoms with van der Waals surface area (Å²) < 4.78 is 75.0. The normalized spacial score (nSPS) is 16.6. The van der Waals surface area contributed by atoms with E-state index >= 15 is 0 Å². The van der Waals surface area contributed by atoms with Gasteiger partial charge in [-0.2, -0.15) is 18.2 Å². The topological polar surface area (TPSA) is 101 Å². The molecule has 12 heteroatoms. The van der Waals surface area contributed by atoms with Crippen molar-refractivity contribution < 1.29 is 40.8 Å². The molecule has 1 saturated carbocycles. The molecule has 0 amide bonds. The van der Waals surface area contributed by atoms with Crippen molar-refractivity contribution in [2.24, 2.45) is 0 Å². The third-order valence-corrected chi connectivity index (χ3v) is 8.11. The van der Waals surface area contributed by atoms with Gasteiger partial charge < -0.3 is 18.3 Å². The molecule has 3 rings (SSSR count). The van der Waals surface area contributed by atoms with Crippen molar-refractivity contribution in [1.29, 1.82) is 0 Å². The molecule has 1 aromatic carbocycles. The summed E-state index contributed by atoms with van der Waals surface area (Å²) in [5, 5.41) is 3.91. The summed E-state index contributed by atoms with van der Waals surface area (Å²) in [4.78, 5) is 17.2. The molecule has 1 aliphatic rings. The van der Waals surface area contributed by atoms with Gasteiger partial charge in [-0.25, -0.2) is 0 Å². The van der Waals surface area contributed by atoms with Crippen LogP contribution in [0.1, 0.15) is 70.3 Å². The van der Waals surface area contributed by atoms with E-state index in [1.165, 1.54) is 12.1 Å². The Hall–Kier alpha value is -2.23. The molecular formula is C24H32F3N2O6P. The summed E-state index contributed by atoms with van der Waals surface area (Å²) in [6.45, 7) is 8.42. The van der Waals surface area contributed by atoms with E-state index in [9.17, 15) is 22.5 Å². The Kier molecular flexibility index (Phi) is 8.37. The van der Waals surface area contributed by atoms with Crippen LogP contribution in [0.5, 0.6) is 0 Å². The fraction of sp³-hybridized carbons (Fsp3) is 0.625. The highest BCUT2D eigenvalue weighted by Crippen LogP contribution is 2.59. The number of aromatic nitrogens is 2. The van der Waals surface area contributed by atoms with Crippen LogP contribution in [-0.4, -0.2) is 46.8 Å². The molecule has 1 fully saturated rings. The van der Waals surface area contributed by atoms with Gasteiger partial charge in [0.05, 0.1) is 25.0 Å². The van der Waals surface area contributed by atoms with Gasteiger partial charge in [-0.1, -0.05) is 29.4 Å². The van der Waals surface area contributed by atoms with E-state index in [0.717, 1.165) is 0 Å². The Morgan fingerprint density at radius 2 is 1.69 bits per heavy atom. The van der Waals surface area contributed by atoms with E-state index in [1.54, 1.807) is 46.8 Å². The zero-order valence-electron chi connectivity index (χ0n) is 21.1. The molecule has 1 aliphatic carbocycles. The number of nitrogens with zero attached hydrogens (tertiary/aromatic N) is 2. The number of rotatable bonds is 11. The van der Waals surface area contributed by atoms with Gasteiger partial charge in [-0.15, -0.1) is 0 Å². The highest BCUT2D eigenvalue weighted by Gasteiger charge is 2.64. The summed E-state index contributed by atoms with van der Waals surface area (Å²) >= 11 is 0. The van der Waals surface area contributed by atoms with Gasteiger partial charge in [0.2, 0.25) is 5.89 Å². The van der Waals surface area contributed by atoms with Gasteiger partial charge in [0, 0.05) is 6.42 Å². The average Bonchev–Trinajstić information content (AvgIpc) is 3.47. The van der Waals surface area contributed by atoms with E-state index in [0.29, 0.717) is 5.56 Å². The minimum atomic E-state index is -4.27.